The summed E-state index contributed by atoms with van der Waals surface area (Å²) in [5.41, 5.74) is 1.32. The zero-order valence-corrected chi connectivity index (χ0v) is 10.1. The number of benzene rings is 1. The van der Waals surface area contributed by atoms with Crippen LogP contribution in [0.2, 0.25) is 0 Å². The molecule has 3 nitrogen and oxygen atoms in total. The molecule has 1 aliphatic carbocycles. The molecule has 1 fully saturated rings. The van der Waals surface area contributed by atoms with Gasteiger partial charge in [0.25, 0.3) is 0 Å². The van der Waals surface area contributed by atoms with Crippen LogP contribution in [-0.2, 0) is 4.74 Å². The second kappa shape index (κ2) is 5.32. The average Bonchev–Trinajstić information content (AvgIpc) is 2.91. The third-order valence-corrected chi connectivity index (χ3v) is 3.50. The van der Waals surface area contributed by atoms with Gasteiger partial charge < -0.3 is 9.84 Å². The second-order valence-corrected chi connectivity index (χ2v) is 4.61. The Kier molecular flexibility index (Phi) is 3.79. The predicted molar refractivity (Wildman–Crippen MR) is 64.7 cm³/mol. The molecule has 0 spiro atoms. The van der Waals surface area contributed by atoms with Gasteiger partial charge in [-0.25, -0.2) is 4.79 Å². The van der Waals surface area contributed by atoms with Gasteiger partial charge in [0.1, 0.15) is 0 Å². The third kappa shape index (κ3) is 2.67. The summed E-state index contributed by atoms with van der Waals surface area (Å²) >= 11 is 0. The Morgan fingerprint density at radius 3 is 2.76 bits per heavy atom. The molecule has 2 rings (SSSR count). The van der Waals surface area contributed by atoms with E-state index in [1.807, 2.05) is 6.07 Å². The number of esters is 1. The van der Waals surface area contributed by atoms with Crippen molar-refractivity contribution in [2.75, 3.05) is 7.11 Å². The fourth-order valence-electron chi connectivity index (χ4n) is 2.51. The number of aliphatic hydroxyl groups excluding tert-OH is 1. The number of hydrogen-bond donors (Lipinski definition) is 1. The quantitative estimate of drug-likeness (QED) is 0.818. The zero-order valence-electron chi connectivity index (χ0n) is 10.1. The maximum absolute atomic E-state index is 11.4. The zero-order chi connectivity index (χ0) is 12.3. The lowest BCUT2D eigenvalue weighted by Crippen LogP contribution is -2.10. The summed E-state index contributed by atoms with van der Waals surface area (Å²) in [6.45, 7) is 0. The van der Waals surface area contributed by atoms with E-state index in [2.05, 4.69) is 4.74 Å². The molecule has 92 valence electrons. The molecule has 1 aromatic rings. The van der Waals surface area contributed by atoms with Crippen LogP contribution in [0.5, 0.6) is 0 Å². The Morgan fingerprint density at radius 1 is 1.41 bits per heavy atom. The van der Waals surface area contributed by atoms with Crippen molar-refractivity contribution in [2.45, 2.75) is 31.8 Å². The van der Waals surface area contributed by atoms with Gasteiger partial charge in [0.15, 0.2) is 0 Å². The van der Waals surface area contributed by atoms with E-state index in [0.29, 0.717) is 11.5 Å². The van der Waals surface area contributed by atoms with E-state index in [4.69, 9.17) is 0 Å². The number of carbonyl (C=O) groups is 1. The largest absolute Gasteiger partial charge is 0.465 e. The van der Waals surface area contributed by atoms with E-state index >= 15 is 0 Å². The summed E-state index contributed by atoms with van der Waals surface area (Å²) in [5.74, 6) is -0.0200. The highest BCUT2D eigenvalue weighted by atomic mass is 16.5. The summed E-state index contributed by atoms with van der Waals surface area (Å²) in [7, 11) is 1.36. The highest BCUT2D eigenvalue weighted by Crippen LogP contribution is 2.35. The molecule has 0 saturated heterocycles. The highest BCUT2D eigenvalue weighted by Gasteiger charge is 2.24. The number of aliphatic hydroxyl groups is 1. The molecule has 3 heteroatoms. The van der Waals surface area contributed by atoms with E-state index in [-0.39, 0.29) is 5.97 Å². The molecule has 1 aromatic carbocycles. The molecular weight excluding hydrogens is 216 g/mol. The van der Waals surface area contributed by atoms with E-state index in [0.717, 1.165) is 18.4 Å². The van der Waals surface area contributed by atoms with Gasteiger partial charge in [0.05, 0.1) is 18.8 Å². The van der Waals surface area contributed by atoms with Crippen LogP contribution in [0.3, 0.4) is 0 Å². The lowest BCUT2D eigenvalue weighted by atomic mass is 9.93. The maximum Gasteiger partial charge on any atom is 0.337 e. The monoisotopic (exact) mass is 234 g/mol. The molecule has 0 heterocycles. The first-order valence-electron chi connectivity index (χ1n) is 6.08. The van der Waals surface area contributed by atoms with Gasteiger partial charge in [0.2, 0.25) is 0 Å². The van der Waals surface area contributed by atoms with Crippen LogP contribution < -0.4 is 0 Å². The van der Waals surface area contributed by atoms with Crippen molar-refractivity contribution in [1.29, 1.82) is 0 Å². The Balaban J connectivity index is 2.17. The number of methoxy groups -OCH3 is 1. The molecule has 1 aliphatic rings. The minimum Gasteiger partial charge on any atom is -0.465 e. The minimum atomic E-state index is -0.456. The van der Waals surface area contributed by atoms with Crippen LogP contribution in [0, 0.1) is 5.92 Å². The van der Waals surface area contributed by atoms with Gasteiger partial charge in [-0.2, -0.15) is 0 Å². The second-order valence-electron chi connectivity index (χ2n) is 4.61. The molecule has 0 bridgehead atoms. The number of carbonyl (C=O) groups excluding carboxylic acids is 1. The van der Waals surface area contributed by atoms with Crippen molar-refractivity contribution in [2.24, 2.45) is 5.92 Å². The number of ether oxygens (including phenoxy) is 1. The first-order chi connectivity index (χ1) is 8.22. The van der Waals surface area contributed by atoms with E-state index in [1.54, 1.807) is 18.2 Å². The number of rotatable bonds is 3. The number of hydrogen-bond acceptors (Lipinski definition) is 3. The van der Waals surface area contributed by atoms with Crippen molar-refractivity contribution in [3.8, 4) is 0 Å². The van der Waals surface area contributed by atoms with Crippen LogP contribution in [0.4, 0.5) is 0 Å². The summed E-state index contributed by atoms with van der Waals surface area (Å²) in [5, 5.41) is 10.2. The van der Waals surface area contributed by atoms with Gasteiger partial charge in [0, 0.05) is 0 Å². The molecular formula is C14H18O3. The molecule has 0 radical (unpaired) electrons. The van der Waals surface area contributed by atoms with Crippen molar-refractivity contribution in [3.63, 3.8) is 0 Å². The molecule has 1 unspecified atom stereocenters. The van der Waals surface area contributed by atoms with Crippen molar-refractivity contribution in [1.82, 2.24) is 0 Å². The fraction of sp³-hybridized carbons (Fsp3) is 0.500. The fourth-order valence-corrected chi connectivity index (χ4v) is 2.51. The molecule has 0 aromatic heterocycles. The standard InChI is InChI=1S/C14H18O3/c1-17-14(16)12-8-4-7-11(9-12)13(15)10-5-2-3-6-10/h4,7-10,13,15H,2-3,5-6H2,1H3. The first-order valence-corrected chi connectivity index (χ1v) is 6.08. The third-order valence-electron chi connectivity index (χ3n) is 3.50. The van der Waals surface area contributed by atoms with E-state index in [9.17, 15) is 9.90 Å². The van der Waals surface area contributed by atoms with Gasteiger partial charge in [-0.15, -0.1) is 0 Å². The van der Waals surface area contributed by atoms with Crippen LogP contribution >= 0.6 is 0 Å². The average molecular weight is 234 g/mol. The highest BCUT2D eigenvalue weighted by molar-refractivity contribution is 5.89. The molecule has 1 saturated carbocycles. The summed E-state index contributed by atoms with van der Waals surface area (Å²) in [4.78, 5) is 11.4. The Labute approximate surface area is 101 Å². The smallest absolute Gasteiger partial charge is 0.337 e. The van der Waals surface area contributed by atoms with E-state index < -0.39 is 6.10 Å². The Morgan fingerprint density at radius 2 is 2.12 bits per heavy atom. The molecule has 1 atom stereocenters. The van der Waals surface area contributed by atoms with Crippen LogP contribution in [0.25, 0.3) is 0 Å². The molecule has 17 heavy (non-hydrogen) atoms. The lowest BCUT2D eigenvalue weighted by molar-refractivity contribution is 0.0600. The SMILES string of the molecule is COC(=O)c1cccc(C(O)C2CCCC2)c1. The maximum atomic E-state index is 11.4. The Bertz CT molecular complexity index is 394. The summed E-state index contributed by atoms with van der Waals surface area (Å²) in [6, 6.07) is 7.10. The topological polar surface area (TPSA) is 46.5 Å². The first kappa shape index (κ1) is 12.1. The van der Waals surface area contributed by atoms with Gasteiger partial charge in [-0.1, -0.05) is 25.0 Å². The van der Waals surface area contributed by atoms with Crippen LogP contribution in [-0.4, -0.2) is 18.2 Å². The van der Waals surface area contributed by atoms with Crippen molar-refractivity contribution < 1.29 is 14.6 Å². The van der Waals surface area contributed by atoms with Crippen LogP contribution in [0.15, 0.2) is 24.3 Å². The van der Waals surface area contributed by atoms with Crippen molar-refractivity contribution >= 4 is 5.97 Å². The van der Waals surface area contributed by atoms with Gasteiger partial charge >= 0.3 is 5.97 Å². The lowest BCUT2D eigenvalue weighted by Gasteiger charge is -2.18. The van der Waals surface area contributed by atoms with Gasteiger partial charge in [-0.3, -0.25) is 0 Å². The van der Waals surface area contributed by atoms with Gasteiger partial charge in [-0.05, 0) is 36.5 Å². The summed E-state index contributed by atoms with van der Waals surface area (Å²) < 4.78 is 4.68. The predicted octanol–water partition coefficient (Wildman–Crippen LogP) is 2.70. The normalized spacial score (nSPS) is 18.0. The molecule has 1 N–H and O–H groups in total. The van der Waals surface area contributed by atoms with Crippen LogP contribution in [0.1, 0.15) is 47.7 Å². The van der Waals surface area contributed by atoms with Crippen molar-refractivity contribution in [3.05, 3.63) is 35.4 Å². The molecule has 0 amide bonds. The van der Waals surface area contributed by atoms with E-state index in [1.165, 1.54) is 20.0 Å². The minimum absolute atomic E-state index is 0.336. The molecule has 0 aliphatic heterocycles. The summed E-state index contributed by atoms with van der Waals surface area (Å²) in [6.07, 6.45) is 4.08. The Hall–Kier alpha value is -1.35.